The number of aliphatic hydroxyl groups excluding tert-OH is 2. The van der Waals surface area contributed by atoms with Crippen LogP contribution in [0.15, 0.2) is 233 Å². The van der Waals surface area contributed by atoms with Crippen LogP contribution in [0.5, 0.6) is 0 Å². The molecule has 3 aromatic heterocycles. The van der Waals surface area contributed by atoms with E-state index in [0.717, 1.165) is 98.2 Å². The molecular formula is C108H132Cl6F6N12O12. The van der Waals surface area contributed by atoms with Gasteiger partial charge in [0.05, 0.1) is 42.4 Å². The number of rotatable bonds is 47. The van der Waals surface area contributed by atoms with Crippen LogP contribution in [0.25, 0.3) is 34.4 Å². The number of benzene rings is 9. The molecule has 0 radical (unpaired) electrons. The third kappa shape index (κ3) is 38.2. The summed E-state index contributed by atoms with van der Waals surface area (Å²) in [6, 6.07) is 45.1. The van der Waals surface area contributed by atoms with Gasteiger partial charge in [-0.3, -0.25) is 24.0 Å². The maximum Gasteiger partial charge on any atom is 0.338 e. The van der Waals surface area contributed by atoms with Crippen molar-refractivity contribution in [2.75, 3.05) is 58.9 Å². The molecule has 0 bridgehead atoms. The van der Waals surface area contributed by atoms with E-state index in [2.05, 4.69) is 62.9 Å². The van der Waals surface area contributed by atoms with Crippen molar-refractivity contribution in [2.24, 2.45) is 11.5 Å². The average Bonchev–Trinajstić information content (AvgIpc) is 1.40. The predicted molar refractivity (Wildman–Crippen MR) is 563 cm³/mol. The molecule has 9 aromatic carbocycles. The Balaban J connectivity index is 0.000000441. The van der Waals surface area contributed by atoms with Crippen LogP contribution in [0.4, 0.5) is 26.3 Å². The Bertz CT molecular complexity index is 5890. The highest BCUT2D eigenvalue weighted by Crippen LogP contribution is 2.30. The van der Waals surface area contributed by atoms with E-state index in [4.69, 9.17) is 29.5 Å². The van der Waals surface area contributed by atoms with Crippen molar-refractivity contribution in [1.82, 2.24) is 50.5 Å². The highest BCUT2D eigenvalue weighted by molar-refractivity contribution is 6.03. The zero-order valence-corrected chi connectivity index (χ0v) is 87.1. The Kier molecular flexibility index (Phi) is 55.2. The van der Waals surface area contributed by atoms with Gasteiger partial charge in [0.2, 0.25) is 17.7 Å². The van der Waals surface area contributed by atoms with E-state index in [0.29, 0.717) is 96.9 Å². The van der Waals surface area contributed by atoms with Gasteiger partial charge in [0.25, 0.3) is 29.5 Å². The van der Waals surface area contributed by atoms with Crippen LogP contribution in [0.2, 0.25) is 0 Å². The second-order valence-electron chi connectivity index (χ2n) is 34.2. The zero-order valence-electron chi connectivity index (χ0n) is 82.2. The summed E-state index contributed by atoms with van der Waals surface area (Å²) in [5, 5.41) is 31.9. The lowest BCUT2D eigenvalue weighted by molar-refractivity contribution is 0.0237. The fraction of sp³-hybridized carbons (Fsp3) is 0.361. The lowest BCUT2D eigenvalue weighted by Gasteiger charge is -2.29. The van der Waals surface area contributed by atoms with Gasteiger partial charge in [-0.15, -0.1) is 74.4 Å². The van der Waals surface area contributed by atoms with Crippen LogP contribution in [0.1, 0.15) is 213 Å². The molecule has 12 aromatic rings. The molecule has 0 aliphatic rings. The number of oxazole rings is 3. The van der Waals surface area contributed by atoms with Crippen LogP contribution < -0.4 is 27.4 Å². The fourth-order valence-electron chi connectivity index (χ4n) is 16.2. The van der Waals surface area contributed by atoms with Crippen molar-refractivity contribution >= 4 is 110 Å². The van der Waals surface area contributed by atoms with E-state index in [9.17, 15) is 65.3 Å². The lowest BCUT2D eigenvalue weighted by atomic mass is 9.99. The van der Waals surface area contributed by atoms with Gasteiger partial charge in [0.15, 0.2) is 0 Å². The molecule has 6 atom stereocenters. The predicted octanol–water partition coefficient (Wildman–Crippen LogP) is 20.8. The van der Waals surface area contributed by atoms with Crippen molar-refractivity contribution < 1.29 is 83.3 Å². The highest BCUT2D eigenvalue weighted by Gasteiger charge is 2.32. The number of aryl methyl sites for hydroxylation is 3. The zero-order chi connectivity index (χ0) is 99.3. The van der Waals surface area contributed by atoms with Gasteiger partial charge in [0.1, 0.15) is 59.8 Å². The number of nitrogens with one attached hydrogen (secondary N) is 3. The number of aliphatic hydroxyl groups is 2. The maximum absolute atomic E-state index is 14.3. The molecule has 24 nitrogen and oxygen atoms in total. The van der Waals surface area contributed by atoms with Crippen molar-refractivity contribution in [2.45, 2.75) is 195 Å². The molecular weight excluding hydrogens is 1980 g/mol. The van der Waals surface area contributed by atoms with Crippen LogP contribution in [-0.4, -0.2) is 176 Å². The molecule has 0 aliphatic heterocycles. The molecule has 0 spiro atoms. The number of carbonyl (C=O) groups excluding carboxylic acids is 6. The Hall–Kier alpha value is -11.5. The molecule has 0 saturated carbocycles. The molecule has 9 N–H and O–H groups in total. The number of halogens is 12. The molecule has 0 fully saturated rings. The van der Waals surface area contributed by atoms with Gasteiger partial charge in [-0.05, 0) is 218 Å². The summed E-state index contributed by atoms with van der Waals surface area (Å²) in [6.07, 6.45) is 12.7. The highest BCUT2D eigenvalue weighted by atomic mass is 35.5. The van der Waals surface area contributed by atoms with Gasteiger partial charge >= 0.3 is 5.97 Å². The minimum atomic E-state index is -1.23. The van der Waals surface area contributed by atoms with Gasteiger partial charge in [-0.25, -0.2) is 46.1 Å². The first kappa shape index (κ1) is 125. The topological polar surface area (TPSA) is 331 Å². The first-order valence-corrected chi connectivity index (χ1v) is 47.2. The smallest absolute Gasteiger partial charge is 0.338 e. The van der Waals surface area contributed by atoms with Crippen LogP contribution in [0.3, 0.4) is 0 Å². The van der Waals surface area contributed by atoms with E-state index < -0.39 is 89.1 Å². The standard InChI is InChI=1S/3C36H42F2N4O4.6ClH/c1-4-11-42(12-5-2)35(43)28-18-27(34-41-10-13-45-34)19-29(20-28)36(44)46-33(23-40-22-25-9-7-8-24(6-3)14-25)32(39)17-26-15-30(37)21-31(38)16-26;1-4-11-41(12-5-2)35(44)28-18-27(34-40-10-13-46-34)19-29(20-28)36(45)42(22-25-9-7-8-24(6-3)14-25)23-33(43)32(39)17-26-15-30(37)21-31(38)16-26;1-4-11-42(12-5-2)36(45)29-19-27(18-28(20-29)35-40-10-13-46-35)34(44)41-32(17-26-15-30(37)21-31(38)16-26)33(43)23-39-22-25-9-7-8-24(6-3)14-25;;;;;;/h7-10,13-16,18-21,32-33,40H,4-6,11-12,17,22-23,39H2,1-3H3;7-10,13-16,18-21,32-33,43H,4-6,11-12,17,22-23,39H2,1-3H3;7-10,13-16,18-21,32-33,39,43H,4-6,11-12,17,22-23H2,1-3H3,(H,41,44);6*1H/t3*32-,33+;;;;;;/m000....../s1. The number of ether oxygens (including phenoxy) is 1. The molecule has 0 aliphatic carbocycles. The molecule has 144 heavy (non-hydrogen) atoms. The number of aromatic nitrogens is 3. The quantitative estimate of drug-likeness (QED) is 0.0138. The molecule has 5 amide bonds. The van der Waals surface area contributed by atoms with E-state index in [-0.39, 0.29) is 178 Å². The van der Waals surface area contributed by atoms with E-state index in [1.165, 1.54) is 102 Å². The number of nitrogens with zero attached hydrogens (tertiary/aromatic N) is 7. The van der Waals surface area contributed by atoms with E-state index in [1.807, 2.05) is 103 Å². The summed E-state index contributed by atoms with van der Waals surface area (Å²) in [7, 11) is 0. The van der Waals surface area contributed by atoms with E-state index in [1.54, 1.807) is 57.2 Å². The first-order chi connectivity index (χ1) is 66.5. The Morgan fingerprint density at radius 1 is 0.361 bits per heavy atom. The van der Waals surface area contributed by atoms with Gasteiger partial charge in [-0.1, -0.05) is 135 Å². The summed E-state index contributed by atoms with van der Waals surface area (Å²) in [6.45, 7) is 22.8. The third-order valence-corrected chi connectivity index (χ3v) is 22.9. The van der Waals surface area contributed by atoms with Crippen molar-refractivity contribution in [3.8, 4) is 34.4 Å². The summed E-state index contributed by atoms with van der Waals surface area (Å²) in [5.41, 5.74) is 22.9. The first-order valence-electron chi connectivity index (χ1n) is 47.2. The van der Waals surface area contributed by atoms with Crippen molar-refractivity contribution in [3.05, 3.63) is 338 Å². The maximum atomic E-state index is 14.3. The molecule has 12 rings (SSSR count). The second-order valence-corrected chi connectivity index (χ2v) is 34.2. The van der Waals surface area contributed by atoms with Crippen molar-refractivity contribution in [1.29, 1.82) is 0 Å². The number of hydrogen-bond acceptors (Lipinski definition) is 19. The molecule has 0 saturated heterocycles. The lowest BCUT2D eigenvalue weighted by Crippen LogP contribution is -2.48. The minimum Gasteiger partial charge on any atom is -0.456 e. The average molecular weight is 2120 g/mol. The number of hydrogen-bond donors (Lipinski definition) is 7. The summed E-state index contributed by atoms with van der Waals surface area (Å²) in [4.78, 5) is 102. The number of amides is 5. The number of carbonyl (C=O) groups is 6. The monoisotopic (exact) mass is 2110 g/mol. The third-order valence-electron chi connectivity index (χ3n) is 22.9. The van der Waals surface area contributed by atoms with E-state index >= 15 is 0 Å². The Morgan fingerprint density at radius 3 is 1.03 bits per heavy atom. The van der Waals surface area contributed by atoms with Crippen LogP contribution in [0, 0.1) is 34.9 Å². The largest absolute Gasteiger partial charge is 0.456 e. The Morgan fingerprint density at radius 2 is 0.674 bits per heavy atom. The summed E-state index contributed by atoms with van der Waals surface area (Å²) < 4.78 is 106. The summed E-state index contributed by atoms with van der Waals surface area (Å²) >= 11 is 0. The van der Waals surface area contributed by atoms with Crippen LogP contribution in [-0.2, 0) is 62.9 Å². The molecule has 780 valence electrons. The van der Waals surface area contributed by atoms with Gasteiger partial charge in [0, 0.05) is 153 Å². The summed E-state index contributed by atoms with van der Waals surface area (Å²) in [5.74, 6) is -6.05. The number of nitrogens with two attached hydrogens (primary N) is 2. The minimum absolute atomic E-state index is 0. The normalized spacial score (nSPS) is 12.0. The Labute approximate surface area is 875 Å². The van der Waals surface area contributed by atoms with Crippen LogP contribution >= 0.6 is 74.4 Å². The number of esters is 1. The second kappa shape index (κ2) is 63.7. The fourth-order valence-corrected chi connectivity index (χ4v) is 16.2. The molecule has 36 heteroatoms. The molecule has 3 heterocycles. The van der Waals surface area contributed by atoms with Gasteiger partial charge < -0.3 is 75.2 Å². The SMILES string of the molecule is CCCN(CCC)C(=O)c1cc(C(=O)N(Cc2cccc(CC)c2)C[C@@H](O)[C@@H](N)Cc2cc(F)cc(F)c2)cc(-c2ncco2)c1.CCCN(CCC)C(=O)c1cc(C(=O)N[C@@H](Cc2cc(F)cc(F)c2)[C@H](O)CNCc2cccc(CC)c2)cc(-c2ncco2)c1.CCCN(CCC)C(=O)c1cc(C(=O)O[C@H](CNCc2cccc(CC)c2)[C@@H](N)Cc2cc(F)cc(F)c2)cc(-c2ncco2)c1.Cl.Cl.Cl.Cl.Cl.Cl. The van der Waals surface area contributed by atoms with Crippen molar-refractivity contribution in [3.63, 3.8) is 0 Å². The van der Waals surface area contributed by atoms with Gasteiger partial charge in [-0.2, -0.15) is 0 Å². The molecule has 0 unspecified atom stereocenters.